The summed E-state index contributed by atoms with van der Waals surface area (Å²) >= 11 is 0. The van der Waals surface area contributed by atoms with E-state index in [1.165, 1.54) is 35.0 Å². The Labute approximate surface area is 192 Å². The summed E-state index contributed by atoms with van der Waals surface area (Å²) in [5.74, 6) is -3.83. The third-order valence-electron chi connectivity index (χ3n) is 5.20. The van der Waals surface area contributed by atoms with Crippen LogP contribution in [0, 0.1) is 6.92 Å². The number of alkyl halides is 2. The minimum Gasteiger partial charge on any atom is -0.359 e. The zero-order valence-electron chi connectivity index (χ0n) is 17.8. The number of hydrogen-bond acceptors (Lipinski definition) is 5. The van der Waals surface area contributed by atoms with Gasteiger partial charge in [-0.2, -0.15) is 8.78 Å². The molecule has 2 aromatic carbocycles. The fourth-order valence-electron chi connectivity index (χ4n) is 3.36. The quantitative estimate of drug-likeness (QED) is 0.374. The van der Waals surface area contributed by atoms with Crippen molar-refractivity contribution >= 4 is 22.8 Å². The van der Waals surface area contributed by atoms with E-state index in [1.54, 1.807) is 19.3 Å². The lowest BCUT2D eigenvalue weighted by molar-refractivity contribution is -0.121. The highest BCUT2D eigenvalue weighted by atomic mass is 19.3. The number of amides is 1. The van der Waals surface area contributed by atoms with Crippen molar-refractivity contribution in [1.82, 2.24) is 24.8 Å². The van der Waals surface area contributed by atoms with Gasteiger partial charge in [0.2, 0.25) is 5.91 Å². The third-order valence-corrected chi connectivity index (χ3v) is 5.20. The van der Waals surface area contributed by atoms with Gasteiger partial charge in [-0.3, -0.25) is 14.2 Å². The van der Waals surface area contributed by atoms with Crippen molar-refractivity contribution in [2.45, 2.75) is 25.9 Å². The van der Waals surface area contributed by atoms with Gasteiger partial charge in [0.05, 0.1) is 23.9 Å². The fraction of sp³-hybridized carbons (Fsp3) is 0.217. The summed E-state index contributed by atoms with van der Waals surface area (Å²) in [7, 11) is 0. The number of aromatic nitrogens is 4. The highest BCUT2D eigenvalue weighted by Crippen LogP contribution is 2.27. The van der Waals surface area contributed by atoms with Gasteiger partial charge >= 0.3 is 0 Å². The van der Waals surface area contributed by atoms with Gasteiger partial charge < -0.3 is 15.6 Å². The molecule has 176 valence electrons. The van der Waals surface area contributed by atoms with E-state index in [2.05, 4.69) is 25.6 Å². The van der Waals surface area contributed by atoms with E-state index < -0.39 is 23.9 Å². The van der Waals surface area contributed by atoms with Gasteiger partial charge in [0.25, 0.3) is 11.5 Å². The number of benzene rings is 2. The van der Waals surface area contributed by atoms with Crippen LogP contribution in [-0.2, 0) is 23.8 Å². The number of rotatable bonds is 8. The molecule has 0 fully saturated rings. The summed E-state index contributed by atoms with van der Waals surface area (Å²) in [5, 5.41) is 5.19. The first-order valence-electron chi connectivity index (χ1n) is 10.3. The Morgan fingerprint density at radius 3 is 2.76 bits per heavy atom. The van der Waals surface area contributed by atoms with E-state index in [4.69, 9.17) is 0 Å². The predicted octanol–water partition coefficient (Wildman–Crippen LogP) is 3.69. The van der Waals surface area contributed by atoms with Gasteiger partial charge in [0.15, 0.2) is 5.82 Å². The molecule has 0 radical (unpaired) electrons. The Balaban J connectivity index is 0.00000216. The topological polar surface area (TPSA) is 105 Å². The van der Waals surface area contributed by atoms with Gasteiger partial charge in [-0.1, -0.05) is 36.4 Å². The van der Waals surface area contributed by atoms with Crippen LogP contribution < -0.4 is 16.2 Å². The second-order valence-electron chi connectivity index (χ2n) is 7.59. The lowest BCUT2D eigenvalue weighted by Gasteiger charge is -2.18. The van der Waals surface area contributed by atoms with Crippen LogP contribution in [0.15, 0.2) is 65.8 Å². The van der Waals surface area contributed by atoms with E-state index in [0.717, 1.165) is 16.6 Å². The van der Waals surface area contributed by atoms with Crippen molar-refractivity contribution in [3.63, 3.8) is 0 Å². The smallest absolute Gasteiger partial charge is 0.293 e. The summed E-state index contributed by atoms with van der Waals surface area (Å²) in [5.41, 5.74) is 2.16. The monoisotopic (exact) mass is 458 g/mol. The molecule has 4 aromatic rings. The van der Waals surface area contributed by atoms with Crippen molar-refractivity contribution < 1.29 is 17.9 Å². The third kappa shape index (κ3) is 5.05. The molecule has 10 heteroatoms. The number of aryl methyl sites for hydroxylation is 1. The van der Waals surface area contributed by atoms with E-state index in [0.29, 0.717) is 5.69 Å². The number of halogens is 2. The lowest BCUT2D eigenvalue weighted by atomic mass is 10.1. The molecule has 8 nitrogen and oxygen atoms in total. The number of fused-ring (bicyclic) bond motifs is 1. The van der Waals surface area contributed by atoms with Crippen molar-refractivity contribution in [2.24, 2.45) is 0 Å². The van der Waals surface area contributed by atoms with Crippen LogP contribution in [0.3, 0.4) is 0 Å². The number of imidazole rings is 1. The highest BCUT2D eigenvalue weighted by Gasteiger charge is 2.31. The maximum atomic E-state index is 14.4. The first kappa shape index (κ1) is 22.1. The van der Waals surface area contributed by atoms with Crippen LogP contribution in [-0.4, -0.2) is 32.0 Å². The molecule has 1 amide bonds. The number of carbonyl (C=O) groups excluding carboxylic acids is 1. The molecule has 0 saturated heterocycles. The van der Waals surface area contributed by atoms with Crippen LogP contribution in [0.5, 0.6) is 0 Å². The fourth-order valence-corrected chi connectivity index (χ4v) is 3.36. The van der Waals surface area contributed by atoms with Gasteiger partial charge in [-0.25, -0.2) is 9.97 Å². The van der Waals surface area contributed by atoms with E-state index in [9.17, 15) is 18.4 Å². The second-order valence-corrected chi connectivity index (χ2v) is 7.59. The SMILES string of the molecule is Cc1cnc(NCC(F)(F)c2ccccc2)c(=O)n1CC(=O)NCc1ccc2nc[nH]c2c1.[HH].[HH].[HH]. The molecule has 0 aliphatic heterocycles. The number of aromatic amines is 1. The van der Waals surface area contributed by atoms with Gasteiger partial charge in [-0.15, -0.1) is 0 Å². The van der Waals surface area contributed by atoms with Crippen LogP contribution in [0.4, 0.5) is 14.6 Å². The van der Waals surface area contributed by atoms with Gasteiger partial charge in [0, 0.05) is 28.3 Å². The zero-order valence-corrected chi connectivity index (χ0v) is 17.8. The summed E-state index contributed by atoms with van der Waals surface area (Å²) < 4.78 is 30.1. The summed E-state index contributed by atoms with van der Waals surface area (Å²) in [6.07, 6.45) is 2.96. The maximum absolute atomic E-state index is 14.4. The number of carbonyl (C=O) groups is 1. The van der Waals surface area contributed by atoms with E-state index in [1.807, 2.05) is 18.2 Å². The molecule has 0 unspecified atom stereocenters. The number of nitrogens with zero attached hydrogens (tertiary/aromatic N) is 3. The van der Waals surface area contributed by atoms with Crippen LogP contribution in [0.2, 0.25) is 0 Å². The molecular formula is C23H28F2N6O2. The lowest BCUT2D eigenvalue weighted by Crippen LogP contribution is -2.35. The number of anilines is 1. The first-order valence-corrected chi connectivity index (χ1v) is 10.3. The average Bonchev–Trinajstić information content (AvgIpc) is 3.28. The summed E-state index contributed by atoms with van der Waals surface area (Å²) in [6, 6.07) is 12.9. The van der Waals surface area contributed by atoms with Crippen molar-refractivity contribution in [1.29, 1.82) is 0 Å². The minimum absolute atomic E-state index is 0. The zero-order chi connectivity index (χ0) is 23.4. The molecule has 4 rings (SSSR count). The molecule has 0 atom stereocenters. The summed E-state index contributed by atoms with van der Waals surface area (Å²) in [6.45, 7) is 0.825. The maximum Gasteiger partial charge on any atom is 0.293 e. The van der Waals surface area contributed by atoms with Crippen molar-refractivity contribution in [3.05, 3.63) is 88.2 Å². The second kappa shape index (κ2) is 9.19. The average molecular weight is 459 g/mol. The Morgan fingerprint density at radius 1 is 1.18 bits per heavy atom. The van der Waals surface area contributed by atoms with Crippen LogP contribution in [0.1, 0.15) is 21.1 Å². The van der Waals surface area contributed by atoms with E-state index in [-0.39, 0.29) is 28.8 Å². The van der Waals surface area contributed by atoms with E-state index >= 15 is 0 Å². The molecule has 0 aliphatic rings. The minimum atomic E-state index is -3.20. The molecule has 3 N–H and O–H groups in total. The van der Waals surface area contributed by atoms with Crippen molar-refractivity contribution in [2.75, 3.05) is 11.9 Å². The molecule has 0 aliphatic carbocycles. The van der Waals surface area contributed by atoms with Gasteiger partial charge in [0.1, 0.15) is 6.54 Å². The largest absolute Gasteiger partial charge is 0.359 e. The summed E-state index contributed by atoms with van der Waals surface area (Å²) in [4.78, 5) is 36.3. The standard InChI is InChI=1S/C23H22F2N6O2.3H2/c1-15-10-27-21(28-13-23(24,25)17-5-3-2-4-6-17)22(33)31(15)12-20(32)26-11-16-7-8-18-19(9-16)30-14-29-18;;;/h2-10,14H,11-13H2,1H3,(H,26,32)(H,27,28)(H,29,30);3*1H. The number of nitrogens with one attached hydrogen (secondary N) is 3. The van der Waals surface area contributed by atoms with Crippen LogP contribution >= 0.6 is 0 Å². The van der Waals surface area contributed by atoms with Gasteiger partial charge in [-0.05, 0) is 24.6 Å². The first-order chi connectivity index (χ1) is 15.8. The number of H-pyrrole nitrogens is 1. The molecule has 0 saturated carbocycles. The molecule has 2 aromatic heterocycles. The van der Waals surface area contributed by atoms with Crippen molar-refractivity contribution in [3.8, 4) is 0 Å². The Hall–Kier alpha value is -4.08. The Kier molecular flexibility index (Phi) is 6.16. The normalized spacial score (nSPS) is 11.5. The Morgan fingerprint density at radius 2 is 1.97 bits per heavy atom. The predicted molar refractivity (Wildman–Crippen MR) is 126 cm³/mol. The number of hydrogen-bond donors (Lipinski definition) is 3. The Bertz CT molecular complexity index is 1350. The highest BCUT2D eigenvalue weighted by molar-refractivity contribution is 5.77. The molecule has 2 heterocycles. The molecular weight excluding hydrogens is 430 g/mol. The molecule has 0 spiro atoms. The molecule has 0 bridgehead atoms. The molecule has 33 heavy (non-hydrogen) atoms. The van der Waals surface area contributed by atoms with Crippen LogP contribution in [0.25, 0.3) is 11.0 Å².